The van der Waals surface area contributed by atoms with E-state index in [0.29, 0.717) is 26.8 Å². The van der Waals surface area contributed by atoms with Crippen molar-refractivity contribution >= 4 is 61.4 Å². The summed E-state index contributed by atoms with van der Waals surface area (Å²) in [6.07, 6.45) is 0. The van der Waals surface area contributed by atoms with Gasteiger partial charge in [0.25, 0.3) is 5.91 Å². The molecule has 0 bridgehead atoms. The van der Waals surface area contributed by atoms with Crippen molar-refractivity contribution in [3.8, 4) is 0 Å². The Morgan fingerprint density at radius 1 is 1.06 bits per heavy atom. The number of benzene rings is 1. The van der Waals surface area contributed by atoms with Gasteiger partial charge in [0.05, 0.1) is 40.0 Å². The Labute approximate surface area is 205 Å². The normalized spacial score (nSPS) is 16.0. The Kier molecular flexibility index (Phi) is 6.21. The minimum absolute atomic E-state index is 0.0541. The number of hydrogen-bond acceptors (Lipinski definition) is 9. The summed E-state index contributed by atoms with van der Waals surface area (Å²) in [7, 11) is 1.26. The molecule has 0 saturated heterocycles. The number of thiazole rings is 2. The van der Waals surface area contributed by atoms with Gasteiger partial charge >= 0.3 is 5.97 Å². The van der Waals surface area contributed by atoms with E-state index in [1.54, 1.807) is 45.0 Å². The van der Waals surface area contributed by atoms with Crippen LogP contribution in [0.2, 0.25) is 0 Å². The number of aryl methyl sites for hydroxylation is 3. The first-order valence-corrected chi connectivity index (χ1v) is 12.1. The number of ether oxygens (including phenoxy) is 1. The Hall–Kier alpha value is -2.89. The average Bonchev–Trinajstić information content (AvgIpc) is 3.41. The van der Waals surface area contributed by atoms with Gasteiger partial charge in [-0.3, -0.25) is 14.5 Å². The molecule has 0 saturated carbocycles. The number of aromatic nitrogens is 2. The smallest absolute Gasteiger partial charge is 0.350 e. The summed E-state index contributed by atoms with van der Waals surface area (Å²) in [5.74, 6) is -2.46. The van der Waals surface area contributed by atoms with Gasteiger partial charge in [-0.2, -0.15) is 0 Å². The number of rotatable bonds is 5. The lowest BCUT2D eigenvalue weighted by atomic mass is 9.95. The predicted octanol–water partition coefficient (Wildman–Crippen LogP) is 4.86. The fourth-order valence-electron chi connectivity index (χ4n) is 3.63. The van der Waals surface area contributed by atoms with Gasteiger partial charge in [-0.05, 0) is 38.5 Å². The number of aliphatic hydroxyl groups is 1. The van der Waals surface area contributed by atoms with Gasteiger partial charge in [-0.15, -0.1) is 11.3 Å². The highest BCUT2D eigenvalue weighted by Gasteiger charge is 2.46. The molecule has 11 heteroatoms. The van der Waals surface area contributed by atoms with Gasteiger partial charge in [0.2, 0.25) is 5.78 Å². The van der Waals surface area contributed by atoms with Crippen LogP contribution in [-0.2, 0) is 9.53 Å². The minimum atomic E-state index is -0.934. The van der Waals surface area contributed by atoms with Crippen molar-refractivity contribution in [2.75, 3.05) is 12.0 Å². The van der Waals surface area contributed by atoms with E-state index in [-0.39, 0.29) is 15.6 Å². The van der Waals surface area contributed by atoms with E-state index in [1.807, 2.05) is 0 Å². The first kappa shape index (κ1) is 23.3. The number of carbonyl (C=O) groups is 3. The molecule has 1 aliphatic heterocycles. The van der Waals surface area contributed by atoms with Crippen molar-refractivity contribution in [2.45, 2.75) is 26.8 Å². The molecule has 8 nitrogen and oxygen atoms in total. The lowest BCUT2D eigenvalue weighted by Crippen LogP contribution is -2.31. The number of anilines is 1. The molecule has 170 valence electrons. The maximum Gasteiger partial charge on any atom is 0.350 e. The lowest BCUT2D eigenvalue weighted by molar-refractivity contribution is -0.117. The standard InChI is InChI=1S/C22H18BrN3O5S2/c1-9-18(32-11(3)24-9)16(27)14-15(12-5-7-13(23)8-6-12)26(20(29)17(14)28)22-25-10(2)19(33-22)21(30)31-4/h5-8,15,28H,1-4H3. The third-order valence-corrected chi connectivity index (χ3v) is 7.85. The van der Waals surface area contributed by atoms with Crippen LogP contribution in [0.1, 0.15) is 47.3 Å². The van der Waals surface area contributed by atoms with Crippen LogP contribution in [0, 0.1) is 20.8 Å². The minimum Gasteiger partial charge on any atom is -0.503 e. The zero-order valence-corrected chi connectivity index (χ0v) is 21.2. The highest BCUT2D eigenvalue weighted by Crippen LogP contribution is 2.44. The number of nitrogens with zero attached hydrogens (tertiary/aromatic N) is 3. The second-order valence-electron chi connectivity index (χ2n) is 7.27. The Morgan fingerprint density at radius 2 is 1.70 bits per heavy atom. The summed E-state index contributed by atoms with van der Waals surface area (Å²) in [6.45, 7) is 5.13. The van der Waals surface area contributed by atoms with Crippen molar-refractivity contribution < 1.29 is 24.2 Å². The molecule has 1 aromatic carbocycles. The van der Waals surface area contributed by atoms with Gasteiger partial charge in [-0.1, -0.05) is 39.4 Å². The molecule has 0 aliphatic carbocycles. The molecule has 3 heterocycles. The first-order chi connectivity index (χ1) is 15.6. The summed E-state index contributed by atoms with van der Waals surface area (Å²) in [5, 5.41) is 11.7. The molecule has 3 aromatic rings. The highest BCUT2D eigenvalue weighted by molar-refractivity contribution is 9.10. The van der Waals surface area contributed by atoms with Crippen molar-refractivity contribution in [1.82, 2.24) is 9.97 Å². The fourth-order valence-corrected chi connectivity index (χ4v) is 5.78. The van der Waals surface area contributed by atoms with Gasteiger partial charge < -0.3 is 9.84 Å². The third kappa shape index (κ3) is 4.00. The monoisotopic (exact) mass is 547 g/mol. The van der Waals surface area contributed by atoms with Crippen molar-refractivity contribution in [3.63, 3.8) is 0 Å². The van der Waals surface area contributed by atoms with Crippen LogP contribution >= 0.6 is 38.6 Å². The molecule has 2 aromatic heterocycles. The molecule has 1 atom stereocenters. The maximum atomic E-state index is 13.6. The Balaban J connectivity index is 1.89. The molecule has 0 fully saturated rings. The van der Waals surface area contributed by atoms with Crippen LogP contribution in [0.3, 0.4) is 0 Å². The van der Waals surface area contributed by atoms with Crippen LogP contribution in [-0.4, -0.2) is 39.8 Å². The summed E-state index contributed by atoms with van der Waals surface area (Å²) in [4.78, 5) is 49.5. The molecule has 33 heavy (non-hydrogen) atoms. The van der Waals surface area contributed by atoms with E-state index in [2.05, 4.69) is 25.9 Å². The number of Topliss-reactive ketones (excluding diaryl/α,β-unsaturated/α-hetero) is 1. The SMILES string of the molecule is COC(=O)c1sc(N2C(=O)C(O)=C(C(=O)c3sc(C)nc3C)C2c2ccc(Br)cc2)nc1C. The number of esters is 1. The molecular weight excluding hydrogens is 530 g/mol. The largest absolute Gasteiger partial charge is 0.503 e. The fraction of sp³-hybridized carbons (Fsp3) is 0.227. The third-order valence-electron chi connectivity index (χ3n) is 5.11. The molecule has 0 radical (unpaired) electrons. The Morgan fingerprint density at radius 3 is 2.27 bits per heavy atom. The number of carbonyl (C=O) groups excluding carboxylic acids is 3. The topological polar surface area (TPSA) is 110 Å². The average molecular weight is 548 g/mol. The number of aliphatic hydroxyl groups excluding tert-OH is 1. The maximum absolute atomic E-state index is 13.6. The van der Waals surface area contributed by atoms with Crippen molar-refractivity contribution in [2.24, 2.45) is 0 Å². The molecular formula is C22H18BrN3O5S2. The number of ketones is 1. The van der Waals surface area contributed by atoms with E-state index >= 15 is 0 Å². The summed E-state index contributed by atoms with van der Waals surface area (Å²) >= 11 is 5.56. The van der Waals surface area contributed by atoms with E-state index in [4.69, 9.17) is 4.74 Å². The number of halogens is 1. The van der Waals surface area contributed by atoms with E-state index in [9.17, 15) is 19.5 Å². The molecule has 1 amide bonds. The van der Waals surface area contributed by atoms with E-state index in [1.165, 1.54) is 23.3 Å². The van der Waals surface area contributed by atoms with Crippen LogP contribution < -0.4 is 4.90 Å². The zero-order chi connectivity index (χ0) is 24.0. The van der Waals surface area contributed by atoms with Crippen LogP contribution in [0.5, 0.6) is 0 Å². The molecule has 4 rings (SSSR count). The lowest BCUT2D eigenvalue weighted by Gasteiger charge is -2.24. The van der Waals surface area contributed by atoms with Crippen LogP contribution in [0.25, 0.3) is 0 Å². The number of hydrogen-bond donors (Lipinski definition) is 1. The second-order valence-corrected chi connectivity index (χ2v) is 10.4. The number of methoxy groups -OCH3 is 1. The van der Waals surface area contributed by atoms with E-state index in [0.717, 1.165) is 15.8 Å². The molecule has 0 spiro atoms. The van der Waals surface area contributed by atoms with Gasteiger partial charge in [0.1, 0.15) is 4.88 Å². The predicted molar refractivity (Wildman–Crippen MR) is 128 cm³/mol. The molecule has 1 unspecified atom stereocenters. The highest BCUT2D eigenvalue weighted by atomic mass is 79.9. The van der Waals surface area contributed by atoms with Crippen molar-refractivity contribution in [1.29, 1.82) is 0 Å². The van der Waals surface area contributed by atoms with Gasteiger partial charge in [-0.25, -0.2) is 14.8 Å². The quantitative estimate of drug-likeness (QED) is 0.358. The number of amides is 1. The van der Waals surface area contributed by atoms with E-state index < -0.39 is 29.5 Å². The van der Waals surface area contributed by atoms with Gasteiger partial charge in [0, 0.05) is 4.47 Å². The van der Waals surface area contributed by atoms with Crippen LogP contribution in [0.4, 0.5) is 5.13 Å². The second kappa shape index (κ2) is 8.81. The van der Waals surface area contributed by atoms with Gasteiger partial charge in [0.15, 0.2) is 10.9 Å². The van der Waals surface area contributed by atoms with Crippen molar-refractivity contribution in [3.05, 3.63) is 71.8 Å². The summed E-state index contributed by atoms with van der Waals surface area (Å²) in [6, 6.07) is 6.14. The Bertz CT molecular complexity index is 1330. The zero-order valence-electron chi connectivity index (χ0n) is 18.0. The first-order valence-electron chi connectivity index (χ1n) is 9.70. The molecule has 1 N–H and O–H groups in total. The van der Waals surface area contributed by atoms with Crippen LogP contribution in [0.15, 0.2) is 40.1 Å². The summed E-state index contributed by atoms with van der Waals surface area (Å²) < 4.78 is 5.62. The molecule has 1 aliphatic rings. The summed E-state index contributed by atoms with van der Waals surface area (Å²) in [5.41, 5.74) is 1.46.